The third-order valence-corrected chi connectivity index (χ3v) is 7.36. The monoisotopic (exact) mass is 506 g/mol. The predicted octanol–water partition coefficient (Wildman–Crippen LogP) is 2.78. The van der Waals surface area contributed by atoms with Gasteiger partial charge in [0.15, 0.2) is 0 Å². The zero-order chi connectivity index (χ0) is 26.5. The van der Waals surface area contributed by atoms with Crippen LogP contribution in [0.15, 0.2) is 59.8 Å². The Kier molecular flexibility index (Phi) is 8.53. The average molecular weight is 507 g/mol. The number of aromatic nitrogens is 1. The predicted molar refractivity (Wildman–Crippen MR) is 139 cm³/mol. The molecule has 4 N–H and O–H groups in total. The van der Waals surface area contributed by atoms with Crippen LogP contribution in [0.5, 0.6) is 5.75 Å². The smallest absolute Gasteiger partial charge is 0.233 e. The standard InChI is InChI=1S/C29H34N2O6/c1-2-12-31-28(36)22-15-20(16-32)26(23(17-33)27(22)29(31)37)25(35)10-9-19(24-8-3-4-11-30-24)13-18-6-5-7-21(34)14-18/h3-8,11,13-14,22-23,25,27,32-35H,2,9-10,12,15-17H2,1H3/b19-13-/t22-,23+,25-,27-/m1/s1. The maximum absolute atomic E-state index is 13.1. The highest BCUT2D eigenvalue weighted by molar-refractivity contribution is 6.05. The van der Waals surface area contributed by atoms with Crippen LogP contribution in [0.3, 0.4) is 0 Å². The molecular formula is C29H34N2O6. The van der Waals surface area contributed by atoms with Crippen LogP contribution in [0.1, 0.15) is 43.9 Å². The number of phenols is 1. The van der Waals surface area contributed by atoms with Gasteiger partial charge in [0.1, 0.15) is 5.75 Å². The second kappa shape index (κ2) is 11.8. The lowest BCUT2D eigenvalue weighted by Crippen LogP contribution is -2.39. The molecule has 37 heavy (non-hydrogen) atoms. The van der Waals surface area contributed by atoms with Crippen molar-refractivity contribution in [1.29, 1.82) is 0 Å². The number of fused-ring (bicyclic) bond motifs is 1. The molecule has 4 rings (SSSR count). The van der Waals surface area contributed by atoms with Gasteiger partial charge in [-0.05, 0) is 78.3 Å². The van der Waals surface area contributed by atoms with E-state index < -0.39 is 30.5 Å². The van der Waals surface area contributed by atoms with E-state index in [-0.39, 0.29) is 37.0 Å². The first-order chi connectivity index (χ1) is 17.9. The summed E-state index contributed by atoms with van der Waals surface area (Å²) in [6.45, 7) is 1.46. The highest BCUT2D eigenvalue weighted by Gasteiger charge is 2.54. The molecule has 2 aromatic rings. The van der Waals surface area contributed by atoms with Crippen molar-refractivity contribution in [3.63, 3.8) is 0 Å². The second-order valence-electron chi connectivity index (χ2n) is 9.70. The molecule has 0 spiro atoms. The van der Waals surface area contributed by atoms with Gasteiger partial charge in [-0.1, -0.05) is 25.1 Å². The normalized spacial score (nSPS) is 23.0. The summed E-state index contributed by atoms with van der Waals surface area (Å²) in [5, 5.41) is 41.7. The van der Waals surface area contributed by atoms with Gasteiger partial charge < -0.3 is 20.4 Å². The van der Waals surface area contributed by atoms with Crippen LogP contribution in [0.4, 0.5) is 0 Å². The van der Waals surface area contributed by atoms with Crippen LogP contribution < -0.4 is 0 Å². The molecule has 8 heteroatoms. The Balaban J connectivity index is 1.61. The highest BCUT2D eigenvalue weighted by atomic mass is 16.3. The van der Waals surface area contributed by atoms with Crippen molar-refractivity contribution in [2.24, 2.45) is 17.8 Å². The summed E-state index contributed by atoms with van der Waals surface area (Å²) < 4.78 is 0. The second-order valence-corrected chi connectivity index (χ2v) is 9.70. The van der Waals surface area contributed by atoms with Crippen molar-refractivity contribution >= 4 is 23.5 Å². The molecule has 1 saturated heterocycles. The van der Waals surface area contributed by atoms with Gasteiger partial charge in [0.25, 0.3) is 0 Å². The number of aliphatic hydroxyl groups excluding tert-OH is 3. The molecule has 0 bridgehead atoms. The van der Waals surface area contributed by atoms with E-state index in [2.05, 4.69) is 4.98 Å². The van der Waals surface area contributed by atoms with Crippen LogP contribution in [0.25, 0.3) is 11.6 Å². The fourth-order valence-corrected chi connectivity index (χ4v) is 5.71. The number of carbonyl (C=O) groups excluding carboxylic acids is 2. The van der Waals surface area contributed by atoms with Gasteiger partial charge >= 0.3 is 0 Å². The van der Waals surface area contributed by atoms with E-state index in [9.17, 15) is 30.0 Å². The Bertz CT molecular complexity index is 1190. The van der Waals surface area contributed by atoms with Crippen LogP contribution >= 0.6 is 0 Å². The summed E-state index contributed by atoms with van der Waals surface area (Å²) in [4.78, 5) is 31.8. The van der Waals surface area contributed by atoms with Crippen LogP contribution in [-0.2, 0) is 9.59 Å². The van der Waals surface area contributed by atoms with Gasteiger partial charge in [-0.25, -0.2) is 0 Å². The lowest BCUT2D eigenvalue weighted by Gasteiger charge is -2.36. The maximum atomic E-state index is 13.1. The summed E-state index contributed by atoms with van der Waals surface area (Å²) in [6, 6.07) is 12.4. The first kappa shape index (κ1) is 26.7. The lowest BCUT2D eigenvalue weighted by molar-refractivity contribution is -0.140. The molecule has 8 nitrogen and oxygen atoms in total. The van der Waals surface area contributed by atoms with Crippen LogP contribution in [0, 0.1) is 17.8 Å². The largest absolute Gasteiger partial charge is 0.508 e. The maximum Gasteiger partial charge on any atom is 0.233 e. The van der Waals surface area contributed by atoms with Gasteiger partial charge in [0, 0.05) is 18.7 Å². The zero-order valence-corrected chi connectivity index (χ0v) is 21.0. The number of rotatable bonds is 10. The number of aromatic hydroxyl groups is 1. The Hall–Kier alpha value is -3.33. The number of aliphatic hydroxyl groups is 3. The van der Waals surface area contributed by atoms with Crippen molar-refractivity contribution in [2.75, 3.05) is 19.8 Å². The van der Waals surface area contributed by atoms with Crippen LogP contribution in [-0.4, -0.2) is 68.0 Å². The van der Waals surface area contributed by atoms with Crippen molar-refractivity contribution < 1.29 is 30.0 Å². The topological polar surface area (TPSA) is 131 Å². The number of hydrogen-bond donors (Lipinski definition) is 4. The molecule has 2 amide bonds. The minimum atomic E-state index is -1.03. The highest BCUT2D eigenvalue weighted by Crippen LogP contribution is 2.46. The van der Waals surface area contributed by atoms with E-state index in [1.807, 2.05) is 37.3 Å². The summed E-state index contributed by atoms with van der Waals surface area (Å²) in [6.07, 6.45) is 4.06. The minimum absolute atomic E-state index is 0.141. The van der Waals surface area contributed by atoms with E-state index in [0.717, 1.165) is 16.8 Å². The number of pyridine rings is 1. The fourth-order valence-electron chi connectivity index (χ4n) is 5.71. The molecule has 1 fully saturated rings. The van der Waals surface area contributed by atoms with E-state index in [0.29, 0.717) is 30.5 Å². The summed E-state index contributed by atoms with van der Waals surface area (Å²) in [7, 11) is 0. The molecule has 196 valence electrons. The molecule has 2 aliphatic rings. The minimum Gasteiger partial charge on any atom is -0.508 e. The molecular weight excluding hydrogens is 472 g/mol. The number of imide groups is 1. The Morgan fingerprint density at radius 2 is 1.97 bits per heavy atom. The van der Waals surface area contributed by atoms with Crippen molar-refractivity contribution in [3.05, 3.63) is 71.1 Å². The third-order valence-electron chi connectivity index (χ3n) is 7.36. The molecule has 1 aromatic heterocycles. The summed E-state index contributed by atoms with van der Waals surface area (Å²) >= 11 is 0. The molecule has 0 saturated carbocycles. The molecule has 1 aliphatic heterocycles. The number of carbonyl (C=O) groups is 2. The van der Waals surface area contributed by atoms with Crippen molar-refractivity contribution in [1.82, 2.24) is 9.88 Å². The molecule has 1 aliphatic carbocycles. The quantitative estimate of drug-likeness (QED) is 0.288. The molecule has 0 radical (unpaired) electrons. The number of amides is 2. The third kappa shape index (κ3) is 5.51. The zero-order valence-electron chi connectivity index (χ0n) is 21.0. The van der Waals surface area contributed by atoms with E-state index in [1.165, 1.54) is 4.90 Å². The van der Waals surface area contributed by atoms with E-state index in [4.69, 9.17) is 0 Å². The molecule has 2 heterocycles. The van der Waals surface area contributed by atoms with Gasteiger partial charge in [-0.2, -0.15) is 0 Å². The van der Waals surface area contributed by atoms with Crippen molar-refractivity contribution in [2.45, 2.75) is 38.7 Å². The Morgan fingerprint density at radius 3 is 2.62 bits per heavy atom. The van der Waals surface area contributed by atoms with Gasteiger partial charge in [0.05, 0.1) is 36.8 Å². The number of phenolic OH excluding ortho intramolecular Hbond substituents is 1. The van der Waals surface area contributed by atoms with Crippen LogP contribution in [0.2, 0.25) is 0 Å². The van der Waals surface area contributed by atoms with E-state index >= 15 is 0 Å². The first-order valence-corrected chi connectivity index (χ1v) is 12.8. The fraction of sp³-hybridized carbons (Fsp3) is 0.414. The summed E-state index contributed by atoms with van der Waals surface area (Å²) in [5.74, 6) is -2.52. The Labute approximate surface area is 216 Å². The number of likely N-dealkylation sites (tertiary alicyclic amines) is 1. The number of nitrogens with zero attached hydrogens (tertiary/aromatic N) is 2. The van der Waals surface area contributed by atoms with Gasteiger partial charge in [-0.3, -0.25) is 19.5 Å². The lowest BCUT2D eigenvalue weighted by atomic mass is 9.68. The Morgan fingerprint density at radius 1 is 1.16 bits per heavy atom. The number of hydrogen-bond acceptors (Lipinski definition) is 7. The molecule has 0 unspecified atom stereocenters. The molecule has 4 atom stereocenters. The number of allylic oxidation sites excluding steroid dienone is 1. The van der Waals surface area contributed by atoms with Gasteiger partial charge in [0.2, 0.25) is 11.8 Å². The SMILES string of the molecule is CCCN1C(=O)[C@@H]2[C@@H](CC(CO)=C([C@H](O)CC/C(=C/c3cccc(O)c3)c3ccccn3)[C@@H]2CO)C1=O. The first-order valence-electron chi connectivity index (χ1n) is 12.8. The van der Waals surface area contributed by atoms with E-state index in [1.54, 1.807) is 24.4 Å². The molecule has 1 aromatic carbocycles. The van der Waals surface area contributed by atoms with Gasteiger partial charge in [-0.15, -0.1) is 0 Å². The van der Waals surface area contributed by atoms with Crippen molar-refractivity contribution in [3.8, 4) is 5.75 Å². The number of benzene rings is 1. The summed E-state index contributed by atoms with van der Waals surface area (Å²) in [5.41, 5.74) is 3.33. The average Bonchev–Trinajstić information content (AvgIpc) is 3.15.